The second kappa shape index (κ2) is 10.4. The average Bonchev–Trinajstić information content (AvgIpc) is 3.43. The van der Waals surface area contributed by atoms with Crippen molar-refractivity contribution in [3.63, 3.8) is 0 Å². The number of ketones is 1. The number of Topliss-reactive ketones (excluding diaryl/α,β-unsaturated/α-hetero) is 1. The van der Waals surface area contributed by atoms with Crippen LogP contribution in [0, 0.1) is 0 Å². The van der Waals surface area contributed by atoms with Crippen molar-refractivity contribution < 1.29 is 59.2 Å². The molecule has 198 valence electrons. The molecule has 0 radical (unpaired) electrons. The molecule has 4 rings (SSSR count). The van der Waals surface area contributed by atoms with Crippen molar-refractivity contribution in [2.24, 2.45) is 0 Å². The molecule has 1 aromatic rings. The van der Waals surface area contributed by atoms with Crippen LogP contribution in [0.15, 0.2) is 23.8 Å². The van der Waals surface area contributed by atoms with E-state index in [1.807, 2.05) is 0 Å². The van der Waals surface area contributed by atoms with E-state index in [-0.39, 0.29) is 23.9 Å². The van der Waals surface area contributed by atoms with Crippen LogP contribution >= 0.6 is 0 Å². The fourth-order valence-corrected chi connectivity index (χ4v) is 4.46. The fourth-order valence-electron chi connectivity index (χ4n) is 4.46. The summed E-state index contributed by atoms with van der Waals surface area (Å²) in [6.45, 7) is 2.52. The zero-order chi connectivity index (χ0) is 26.3. The van der Waals surface area contributed by atoms with E-state index in [0.717, 1.165) is 0 Å². The third kappa shape index (κ3) is 4.96. The molecular formula is C23H29NO12. The molecule has 3 aliphatic rings. The summed E-state index contributed by atoms with van der Waals surface area (Å²) in [7, 11) is 0. The fraction of sp³-hybridized carbons (Fsp3) is 0.565. The number of hydrogen-bond donors (Lipinski definition) is 7. The Kier molecular flexibility index (Phi) is 7.64. The van der Waals surface area contributed by atoms with Gasteiger partial charge in [-0.3, -0.25) is 9.59 Å². The number of rotatable bonds is 6. The van der Waals surface area contributed by atoms with E-state index in [1.165, 1.54) is 38.1 Å². The lowest BCUT2D eigenvalue weighted by molar-refractivity contribution is -0.155. The molecule has 2 unspecified atom stereocenters. The Morgan fingerprint density at radius 1 is 0.972 bits per heavy atom. The molecule has 13 nitrogen and oxygen atoms in total. The number of fused-ring (bicyclic) bond motifs is 1. The standard InChI is InChI=1S/C23H29NO12/c1-8(22(32)24-13-14(27)16(29)21-20(15(13)28)33-7-34-21)5-10-3-4-12(11(26)6-10)35-23-18(31)17(30)19(36-23)9(2)25/h3-6,13-21,23,26-31H,7H2,1-2H3,(H,24,32)/b8-5+/t13-,14+,15-,16-,17-,18-,19+,20?,21?,23+/m0/s1. The molecule has 2 heterocycles. The maximum atomic E-state index is 12.7. The number of phenolic OH excluding ortho intramolecular Hbond substituents is 1. The van der Waals surface area contributed by atoms with Crippen LogP contribution in [0.5, 0.6) is 11.5 Å². The number of aromatic hydroxyl groups is 1. The zero-order valence-electron chi connectivity index (χ0n) is 19.4. The Bertz CT molecular complexity index is 1030. The molecule has 7 N–H and O–H groups in total. The highest BCUT2D eigenvalue weighted by atomic mass is 16.7. The van der Waals surface area contributed by atoms with E-state index < -0.39 is 72.9 Å². The van der Waals surface area contributed by atoms with Gasteiger partial charge in [0, 0.05) is 5.57 Å². The first kappa shape index (κ1) is 26.4. The molecular weight excluding hydrogens is 482 g/mol. The molecule has 36 heavy (non-hydrogen) atoms. The Balaban J connectivity index is 1.41. The molecule has 1 saturated carbocycles. The summed E-state index contributed by atoms with van der Waals surface area (Å²) < 4.78 is 21.1. The molecule has 13 heteroatoms. The smallest absolute Gasteiger partial charge is 0.247 e. The first-order valence-electron chi connectivity index (χ1n) is 11.3. The van der Waals surface area contributed by atoms with Crippen LogP contribution in [0.25, 0.3) is 6.08 Å². The Hall–Kier alpha value is -2.62. The van der Waals surface area contributed by atoms with Crippen LogP contribution in [-0.4, -0.2) is 110 Å². The summed E-state index contributed by atoms with van der Waals surface area (Å²) in [4.78, 5) is 24.2. The van der Waals surface area contributed by atoms with E-state index in [4.69, 9.17) is 18.9 Å². The lowest BCUT2D eigenvalue weighted by atomic mass is 9.83. The highest BCUT2D eigenvalue weighted by Gasteiger charge is 2.53. The molecule has 0 spiro atoms. The van der Waals surface area contributed by atoms with Crippen LogP contribution in [0.4, 0.5) is 0 Å². The number of carbonyl (C=O) groups is 2. The second-order valence-electron chi connectivity index (χ2n) is 9.04. The van der Waals surface area contributed by atoms with Crippen molar-refractivity contribution >= 4 is 17.8 Å². The predicted octanol–water partition coefficient (Wildman–Crippen LogP) is -2.47. The SMILES string of the molecule is CC(=O)[C@H]1O[C@@H](Oc2ccc(/C=C(\C)C(=O)N[C@H]3[C@@H](O)[C@H](O)C4OCOC4[C@H]3O)cc2O)[C@@H](O)[C@@H]1O. The van der Waals surface area contributed by atoms with Crippen LogP contribution < -0.4 is 10.1 Å². The summed E-state index contributed by atoms with van der Waals surface area (Å²) in [5, 5.41) is 63.9. The third-order valence-corrected chi connectivity index (χ3v) is 6.49. The van der Waals surface area contributed by atoms with Gasteiger partial charge in [-0.1, -0.05) is 6.07 Å². The monoisotopic (exact) mass is 511 g/mol. The van der Waals surface area contributed by atoms with Gasteiger partial charge in [-0.05, 0) is 37.6 Å². The average molecular weight is 511 g/mol. The van der Waals surface area contributed by atoms with E-state index in [0.29, 0.717) is 5.56 Å². The molecule has 0 aromatic heterocycles. The third-order valence-electron chi connectivity index (χ3n) is 6.49. The number of benzene rings is 1. The van der Waals surface area contributed by atoms with E-state index >= 15 is 0 Å². The molecule has 1 amide bonds. The van der Waals surface area contributed by atoms with Crippen molar-refractivity contribution in [3.05, 3.63) is 29.3 Å². The second-order valence-corrected chi connectivity index (χ2v) is 9.04. The van der Waals surface area contributed by atoms with Gasteiger partial charge in [-0.2, -0.15) is 0 Å². The van der Waals surface area contributed by atoms with Gasteiger partial charge in [0.25, 0.3) is 0 Å². The van der Waals surface area contributed by atoms with Crippen LogP contribution in [-0.2, 0) is 23.8 Å². The number of ether oxygens (including phenoxy) is 4. The lowest BCUT2D eigenvalue weighted by Crippen LogP contribution is -2.67. The summed E-state index contributed by atoms with van der Waals surface area (Å²) in [6.07, 6.45) is -10.2. The Morgan fingerprint density at radius 2 is 1.64 bits per heavy atom. The molecule has 3 fully saturated rings. The topological polar surface area (TPSA) is 204 Å². The lowest BCUT2D eigenvalue weighted by Gasteiger charge is -2.41. The predicted molar refractivity (Wildman–Crippen MR) is 118 cm³/mol. The maximum Gasteiger partial charge on any atom is 0.247 e. The molecule has 1 aliphatic carbocycles. The minimum Gasteiger partial charge on any atom is -0.504 e. The minimum atomic E-state index is -1.51. The highest BCUT2D eigenvalue weighted by Crippen LogP contribution is 2.33. The number of carbonyl (C=O) groups excluding carboxylic acids is 2. The molecule has 0 bridgehead atoms. The van der Waals surface area contributed by atoms with Gasteiger partial charge in [0.2, 0.25) is 12.2 Å². The van der Waals surface area contributed by atoms with Crippen LogP contribution in [0.2, 0.25) is 0 Å². The van der Waals surface area contributed by atoms with Crippen LogP contribution in [0.3, 0.4) is 0 Å². The quantitative estimate of drug-likeness (QED) is 0.199. The largest absolute Gasteiger partial charge is 0.504 e. The van der Waals surface area contributed by atoms with Gasteiger partial charge >= 0.3 is 0 Å². The van der Waals surface area contributed by atoms with Crippen molar-refractivity contribution in [2.75, 3.05) is 6.79 Å². The molecule has 10 atom stereocenters. The summed E-state index contributed by atoms with van der Waals surface area (Å²) in [6, 6.07) is 2.90. The Morgan fingerprint density at radius 3 is 2.25 bits per heavy atom. The first-order chi connectivity index (χ1) is 17.0. The van der Waals surface area contributed by atoms with Crippen LogP contribution in [0.1, 0.15) is 19.4 Å². The summed E-state index contributed by atoms with van der Waals surface area (Å²) in [5.74, 6) is -1.59. The van der Waals surface area contributed by atoms with Gasteiger partial charge in [-0.15, -0.1) is 0 Å². The number of amides is 1. The molecule has 2 saturated heterocycles. The van der Waals surface area contributed by atoms with E-state index in [2.05, 4.69) is 5.32 Å². The van der Waals surface area contributed by atoms with Gasteiger partial charge in [0.05, 0.1) is 6.04 Å². The summed E-state index contributed by atoms with van der Waals surface area (Å²) >= 11 is 0. The Labute approximate surface area is 205 Å². The molecule has 2 aliphatic heterocycles. The molecule has 1 aromatic carbocycles. The number of aliphatic hydroxyl groups is 5. The van der Waals surface area contributed by atoms with E-state index in [1.54, 1.807) is 0 Å². The summed E-state index contributed by atoms with van der Waals surface area (Å²) in [5.41, 5.74) is 0.545. The number of hydrogen-bond acceptors (Lipinski definition) is 12. The van der Waals surface area contributed by atoms with Gasteiger partial charge < -0.3 is 54.9 Å². The van der Waals surface area contributed by atoms with Crippen molar-refractivity contribution in [1.29, 1.82) is 0 Å². The van der Waals surface area contributed by atoms with Gasteiger partial charge in [0.15, 0.2) is 17.3 Å². The van der Waals surface area contributed by atoms with Gasteiger partial charge in [-0.25, -0.2) is 0 Å². The highest BCUT2D eigenvalue weighted by molar-refractivity contribution is 5.97. The van der Waals surface area contributed by atoms with E-state index in [9.17, 15) is 40.2 Å². The van der Waals surface area contributed by atoms with Crippen molar-refractivity contribution in [2.45, 2.75) is 75.0 Å². The van der Waals surface area contributed by atoms with Crippen molar-refractivity contribution in [3.8, 4) is 11.5 Å². The first-order valence-corrected chi connectivity index (χ1v) is 11.3. The van der Waals surface area contributed by atoms with Crippen molar-refractivity contribution in [1.82, 2.24) is 5.32 Å². The number of phenols is 1. The van der Waals surface area contributed by atoms with Gasteiger partial charge in [0.1, 0.15) is 55.6 Å². The minimum absolute atomic E-state index is 0.0921. The number of nitrogens with one attached hydrogen (secondary N) is 1. The zero-order valence-corrected chi connectivity index (χ0v) is 19.4. The normalized spacial score (nSPS) is 38.5. The number of aliphatic hydroxyl groups excluding tert-OH is 5. The maximum absolute atomic E-state index is 12.7.